The Labute approximate surface area is 152 Å². The minimum Gasteiger partial charge on any atom is -0.330 e. The molecule has 0 saturated carbocycles. The maximum Gasteiger partial charge on any atom is 0.416 e. The summed E-state index contributed by atoms with van der Waals surface area (Å²) in [6, 6.07) is 5.65. The van der Waals surface area contributed by atoms with E-state index in [0.29, 0.717) is 16.7 Å². The molecule has 2 rings (SSSR count). The second kappa shape index (κ2) is 7.78. The fourth-order valence-corrected chi connectivity index (χ4v) is 3.56. The number of hydrogen-bond acceptors (Lipinski definition) is 4. The summed E-state index contributed by atoms with van der Waals surface area (Å²) in [5, 5.41) is 11.0. The molecule has 0 aliphatic carbocycles. The zero-order valence-electron chi connectivity index (χ0n) is 13.7. The van der Waals surface area contributed by atoms with Crippen molar-refractivity contribution < 1.29 is 27.2 Å². The maximum atomic E-state index is 12.7. The van der Waals surface area contributed by atoms with Crippen LogP contribution in [0.4, 0.5) is 18.9 Å². The highest BCUT2D eigenvalue weighted by Crippen LogP contribution is 2.34. The molecule has 0 radical (unpaired) electrons. The number of rotatable bonds is 5. The van der Waals surface area contributed by atoms with E-state index < -0.39 is 24.7 Å². The Hall–Kier alpha value is -1.89. The van der Waals surface area contributed by atoms with Gasteiger partial charge in [0.2, 0.25) is 8.03 Å². The van der Waals surface area contributed by atoms with Crippen molar-refractivity contribution in [2.45, 2.75) is 19.5 Å². The molecule has 0 aliphatic heterocycles. The Morgan fingerprint density at radius 1 is 1.23 bits per heavy atom. The van der Waals surface area contributed by atoms with Gasteiger partial charge in [-0.2, -0.15) is 13.2 Å². The van der Waals surface area contributed by atoms with Crippen molar-refractivity contribution in [2.75, 3.05) is 7.11 Å². The molecule has 0 heterocycles. The van der Waals surface area contributed by atoms with E-state index in [-0.39, 0.29) is 22.4 Å². The van der Waals surface area contributed by atoms with Crippen molar-refractivity contribution in [1.29, 1.82) is 0 Å². The lowest BCUT2D eigenvalue weighted by atomic mass is 9.99. The minimum absolute atomic E-state index is 0.0499. The summed E-state index contributed by atoms with van der Waals surface area (Å²) in [5.41, 5.74) is 0.317. The van der Waals surface area contributed by atoms with Gasteiger partial charge in [-0.25, -0.2) is 0 Å². The Morgan fingerprint density at radius 2 is 1.88 bits per heavy atom. The second-order valence-corrected chi connectivity index (χ2v) is 7.45. The zero-order valence-corrected chi connectivity index (χ0v) is 15.4. The van der Waals surface area contributed by atoms with Gasteiger partial charge in [0.1, 0.15) is 5.30 Å². The number of benzene rings is 2. The van der Waals surface area contributed by atoms with Crippen LogP contribution in [0.15, 0.2) is 30.3 Å². The maximum absolute atomic E-state index is 12.7. The molecule has 0 saturated heterocycles. The quantitative estimate of drug-likeness (QED) is 0.401. The highest BCUT2D eigenvalue weighted by molar-refractivity contribution is 7.48. The summed E-state index contributed by atoms with van der Waals surface area (Å²) in [5.74, 6) is 0. The van der Waals surface area contributed by atoms with Gasteiger partial charge in [0.15, 0.2) is 0 Å². The zero-order chi connectivity index (χ0) is 19.6. The summed E-state index contributed by atoms with van der Waals surface area (Å²) in [7, 11) is -1.64. The van der Waals surface area contributed by atoms with Crippen molar-refractivity contribution in [3.63, 3.8) is 0 Å². The Bertz CT molecular complexity index is 887. The summed E-state index contributed by atoms with van der Waals surface area (Å²) in [6.07, 6.45) is -4.37. The van der Waals surface area contributed by atoms with E-state index in [0.717, 1.165) is 12.1 Å². The van der Waals surface area contributed by atoms with E-state index in [2.05, 4.69) is 0 Å². The van der Waals surface area contributed by atoms with Gasteiger partial charge in [0.05, 0.1) is 10.5 Å². The molecule has 0 amide bonds. The largest absolute Gasteiger partial charge is 0.416 e. The standard InChI is InChI=1S/C16H14ClF3NO4P/c1-9-5-14(21(22)23)15(26(24)25-2)7-11(9)6-10-3-4-12(8-13(10)17)16(18,19)20/h3-5,7-8,26H,6H2,1-2H3. The number of alkyl halides is 3. The third-order valence-electron chi connectivity index (χ3n) is 3.82. The van der Waals surface area contributed by atoms with Crippen LogP contribution in [0.25, 0.3) is 0 Å². The first-order valence-electron chi connectivity index (χ1n) is 7.26. The average Bonchev–Trinajstić information content (AvgIpc) is 2.56. The fraction of sp³-hybridized carbons (Fsp3) is 0.250. The van der Waals surface area contributed by atoms with Crippen LogP contribution in [0, 0.1) is 17.0 Å². The van der Waals surface area contributed by atoms with Gasteiger partial charge < -0.3 is 4.52 Å². The first kappa shape index (κ1) is 20.4. The first-order valence-corrected chi connectivity index (χ1v) is 8.96. The van der Waals surface area contributed by atoms with Crippen LogP contribution in [0.1, 0.15) is 22.3 Å². The van der Waals surface area contributed by atoms with Crippen molar-refractivity contribution in [3.8, 4) is 0 Å². The number of hydrogen-bond donors (Lipinski definition) is 0. The van der Waals surface area contributed by atoms with Crippen LogP contribution < -0.4 is 5.30 Å². The first-order chi connectivity index (χ1) is 12.0. The van der Waals surface area contributed by atoms with E-state index in [4.69, 9.17) is 16.1 Å². The molecular formula is C16H14ClF3NO4P. The van der Waals surface area contributed by atoms with E-state index in [9.17, 15) is 27.9 Å². The van der Waals surface area contributed by atoms with Gasteiger partial charge in [-0.05, 0) is 48.2 Å². The molecule has 1 atom stereocenters. The lowest BCUT2D eigenvalue weighted by molar-refractivity contribution is -0.383. The van der Waals surface area contributed by atoms with Crippen LogP contribution in [0.2, 0.25) is 5.02 Å². The highest BCUT2D eigenvalue weighted by atomic mass is 35.5. The van der Waals surface area contributed by atoms with E-state index >= 15 is 0 Å². The second-order valence-electron chi connectivity index (χ2n) is 5.53. The number of aryl methyl sites for hydroxylation is 1. The molecule has 0 aliphatic rings. The Morgan fingerprint density at radius 3 is 2.38 bits per heavy atom. The SMILES string of the molecule is CO[PH](=O)c1cc(Cc2ccc(C(F)(F)F)cc2Cl)c(C)cc1[N+](=O)[O-]. The van der Waals surface area contributed by atoms with Crippen LogP contribution in [0.5, 0.6) is 0 Å². The van der Waals surface area contributed by atoms with Crippen molar-refractivity contribution in [3.05, 3.63) is 67.7 Å². The van der Waals surface area contributed by atoms with Gasteiger partial charge in [-0.3, -0.25) is 14.7 Å². The summed E-state index contributed by atoms with van der Waals surface area (Å²) >= 11 is 5.96. The smallest absolute Gasteiger partial charge is 0.330 e. The van der Waals surface area contributed by atoms with Crippen molar-refractivity contribution in [1.82, 2.24) is 0 Å². The third-order valence-corrected chi connectivity index (χ3v) is 5.38. The minimum atomic E-state index is -4.50. The molecule has 0 spiro atoms. The molecule has 0 N–H and O–H groups in total. The van der Waals surface area contributed by atoms with Gasteiger partial charge in [0, 0.05) is 18.2 Å². The number of nitro benzene ring substituents is 1. The van der Waals surface area contributed by atoms with Crippen LogP contribution in [-0.4, -0.2) is 12.0 Å². The molecule has 5 nitrogen and oxygen atoms in total. The van der Waals surface area contributed by atoms with Crippen molar-refractivity contribution in [2.24, 2.45) is 0 Å². The molecule has 2 aromatic carbocycles. The van der Waals surface area contributed by atoms with Crippen LogP contribution in [0.3, 0.4) is 0 Å². The molecule has 2 aromatic rings. The van der Waals surface area contributed by atoms with E-state index in [1.165, 1.54) is 25.3 Å². The molecule has 0 fully saturated rings. The summed E-state index contributed by atoms with van der Waals surface area (Å²) in [4.78, 5) is 10.5. The van der Waals surface area contributed by atoms with Crippen molar-refractivity contribution >= 4 is 30.6 Å². The van der Waals surface area contributed by atoms with E-state index in [1.54, 1.807) is 6.92 Å². The highest BCUT2D eigenvalue weighted by Gasteiger charge is 2.31. The third kappa shape index (κ3) is 4.44. The molecule has 140 valence electrons. The number of nitrogens with zero attached hydrogens (tertiary/aromatic N) is 1. The molecule has 10 heteroatoms. The molecule has 0 bridgehead atoms. The Balaban J connectivity index is 2.47. The van der Waals surface area contributed by atoms with Gasteiger partial charge in [0.25, 0.3) is 5.69 Å². The normalized spacial score (nSPS) is 12.8. The lowest BCUT2D eigenvalue weighted by Crippen LogP contribution is -2.10. The van der Waals surface area contributed by atoms with Gasteiger partial charge in [-0.1, -0.05) is 17.7 Å². The average molecular weight is 408 g/mol. The number of halogens is 4. The Kier molecular flexibility index (Phi) is 6.11. The fourth-order valence-electron chi connectivity index (χ4n) is 2.42. The predicted molar refractivity (Wildman–Crippen MR) is 92.7 cm³/mol. The molecule has 0 aromatic heterocycles. The van der Waals surface area contributed by atoms with Crippen LogP contribution in [-0.2, 0) is 21.7 Å². The lowest BCUT2D eigenvalue weighted by Gasteiger charge is -2.12. The monoisotopic (exact) mass is 407 g/mol. The molecule has 26 heavy (non-hydrogen) atoms. The van der Waals surface area contributed by atoms with Gasteiger partial charge >= 0.3 is 6.18 Å². The van der Waals surface area contributed by atoms with Gasteiger partial charge in [-0.15, -0.1) is 0 Å². The molecular weight excluding hydrogens is 394 g/mol. The summed E-state index contributed by atoms with van der Waals surface area (Å²) in [6.45, 7) is 1.62. The van der Waals surface area contributed by atoms with E-state index in [1.807, 2.05) is 0 Å². The topological polar surface area (TPSA) is 69.4 Å². The number of nitro groups is 1. The van der Waals surface area contributed by atoms with Crippen LogP contribution >= 0.6 is 19.6 Å². The summed E-state index contributed by atoms with van der Waals surface area (Å²) < 4.78 is 54.9. The predicted octanol–water partition coefficient (Wildman–Crippen LogP) is 4.91. The molecule has 1 unspecified atom stereocenters.